The molecular weight excluding hydrogens is 208 g/mol. The van der Waals surface area contributed by atoms with Gasteiger partial charge in [-0.05, 0) is 26.9 Å². The molecule has 2 atom stereocenters. The molecule has 6 nitrogen and oxygen atoms in total. The molecule has 0 aromatic rings. The van der Waals surface area contributed by atoms with Gasteiger partial charge >= 0.3 is 0 Å². The molecule has 1 heterocycles. The number of hydrogen-bond acceptors (Lipinski definition) is 4. The van der Waals surface area contributed by atoms with Gasteiger partial charge < -0.3 is 21.3 Å². The molecule has 0 bridgehead atoms. The Bertz CT molecular complexity index is 270. The lowest BCUT2D eigenvalue weighted by molar-refractivity contribution is -0.138. The van der Waals surface area contributed by atoms with E-state index < -0.39 is 11.9 Å². The van der Waals surface area contributed by atoms with Crippen molar-refractivity contribution < 1.29 is 9.59 Å². The van der Waals surface area contributed by atoms with E-state index in [0.29, 0.717) is 19.5 Å². The van der Waals surface area contributed by atoms with E-state index in [1.165, 1.54) is 0 Å². The first-order valence-electron chi connectivity index (χ1n) is 5.53. The number of amides is 2. The zero-order chi connectivity index (χ0) is 12.1. The van der Waals surface area contributed by atoms with Crippen molar-refractivity contribution in [2.45, 2.75) is 24.9 Å². The number of likely N-dealkylation sites (tertiary alicyclic amines) is 1. The monoisotopic (exact) mass is 228 g/mol. The van der Waals surface area contributed by atoms with E-state index in [-0.39, 0.29) is 11.9 Å². The highest BCUT2D eigenvalue weighted by molar-refractivity contribution is 5.89. The lowest BCUT2D eigenvalue weighted by atomic mass is 10.2. The number of nitrogens with two attached hydrogens (primary N) is 1. The van der Waals surface area contributed by atoms with Crippen LogP contribution < -0.4 is 16.4 Å². The zero-order valence-electron chi connectivity index (χ0n) is 9.82. The van der Waals surface area contributed by atoms with Crippen LogP contribution in [-0.4, -0.2) is 56.0 Å². The predicted octanol–water partition coefficient (Wildman–Crippen LogP) is -1.73. The van der Waals surface area contributed by atoms with E-state index in [1.807, 2.05) is 0 Å². The Labute approximate surface area is 95.5 Å². The summed E-state index contributed by atoms with van der Waals surface area (Å²) in [4.78, 5) is 24.9. The highest BCUT2D eigenvalue weighted by Crippen LogP contribution is 2.17. The molecule has 6 heteroatoms. The van der Waals surface area contributed by atoms with E-state index >= 15 is 0 Å². The van der Waals surface area contributed by atoms with Crippen molar-refractivity contribution in [1.29, 1.82) is 0 Å². The first-order valence-corrected chi connectivity index (χ1v) is 5.53. The Balaban J connectivity index is 2.67. The Hall–Kier alpha value is -1.14. The van der Waals surface area contributed by atoms with Crippen LogP contribution in [0.4, 0.5) is 0 Å². The second-order valence-electron chi connectivity index (χ2n) is 3.99. The van der Waals surface area contributed by atoms with E-state index in [4.69, 9.17) is 5.73 Å². The lowest BCUT2D eigenvalue weighted by Gasteiger charge is -2.26. The molecule has 4 N–H and O–H groups in total. The molecule has 16 heavy (non-hydrogen) atoms. The first-order chi connectivity index (χ1) is 7.61. The molecule has 1 saturated heterocycles. The molecule has 1 rings (SSSR count). The van der Waals surface area contributed by atoms with Gasteiger partial charge in [-0.2, -0.15) is 0 Å². The summed E-state index contributed by atoms with van der Waals surface area (Å²) in [6, 6.07) is -0.731. The molecule has 0 radical (unpaired) electrons. The maximum Gasteiger partial charge on any atom is 0.241 e. The molecule has 2 unspecified atom stereocenters. The summed E-state index contributed by atoms with van der Waals surface area (Å²) < 4.78 is 0. The predicted molar refractivity (Wildman–Crippen MR) is 60.7 cm³/mol. The molecule has 1 aliphatic rings. The van der Waals surface area contributed by atoms with Crippen LogP contribution in [0.15, 0.2) is 0 Å². The number of rotatable bonds is 5. The average Bonchev–Trinajstić information content (AvgIpc) is 2.73. The number of nitrogens with zero attached hydrogens (tertiary/aromatic N) is 1. The van der Waals surface area contributed by atoms with E-state index in [9.17, 15) is 9.59 Å². The number of carbonyl (C=O) groups excluding carboxylic acids is 2. The van der Waals surface area contributed by atoms with Crippen molar-refractivity contribution in [3.8, 4) is 0 Å². The normalized spacial score (nSPS) is 22.1. The average molecular weight is 228 g/mol. The summed E-state index contributed by atoms with van der Waals surface area (Å²) in [6.07, 6.45) is 1.52. The number of likely N-dealkylation sites (N-methyl/N-ethyl adjacent to an activating group) is 2. The zero-order valence-corrected chi connectivity index (χ0v) is 9.82. The van der Waals surface area contributed by atoms with Crippen molar-refractivity contribution in [2.24, 2.45) is 5.73 Å². The van der Waals surface area contributed by atoms with Crippen molar-refractivity contribution in [1.82, 2.24) is 15.5 Å². The van der Waals surface area contributed by atoms with Crippen LogP contribution in [0.5, 0.6) is 0 Å². The Morgan fingerprint density at radius 3 is 2.69 bits per heavy atom. The molecule has 0 saturated carbocycles. The van der Waals surface area contributed by atoms with Gasteiger partial charge in [0.05, 0.1) is 6.04 Å². The van der Waals surface area contributed by atoms with Gasteiger partial charge in [-0.3, -0.25) is 9.59 Å². The Kier molecular flexibility index (Phi) is 4.70. The Morgan fingerprint density at radius 2 is 2.19 bits per heavy atom. The number of primary amides is 1. The molecular formula is C10H20N4O2. The summed E-state index contributed by atoms with van der Waals surface area (Å²) in [5.74, 6) is -0.469. The second-order valence-corrected chi connectivity index (χ2v) is 3.99. The molecule has 0 aromatic heterocycles. The summed E-state index contributed by atoms with van der Waals surface area (Å²) in [5.41, 5.74) is 5.27. The maximum atomic E-state index is 12.1. The minimum atomic E-state index is -0.430. The van der Waals surface area contributed by atoms with Crippen LogP contribution >= 0.6 is 0 Å². The lowest BCUT2D eigenvalue weighted by Crippen LogP contribution is -2.53. The summed E-state index contributed by atoms with van der Waals surface area (Å²) >= 11 is 0. The first kappa shape index (κ1) is 12.9. The number of carbonyl (C=O) groups is 2. The third-order valence-corrected chi connectivity index (χ3v) is 2.92. The van der Waals surface area contributed by atoms with Crippen LogP contribution in [0.3, 0.4) is 0 Å². The van der Waals surface area contributed by atoms with Crippen molar-refractivity contribution in [3.63, 3.8) is 0 Å². The molecule has 0 spiro atoms. The SMILES string of the molecule is CNCC(NC)C(=O)N1CCCC1C(N)=O. The summed E-state index contributed by atoms with van der Waals surface area (Å²) in [5, 5.41) is 5.87. The smallest absolute Gasteiger partial charge is 0.241 e. The minimum Gasteiger partial charge on any atom is -0.368 e. The van der Waals surface area contributed by atoms with Gasteiger partial charge in [0, 0.05) is 13.1 Å². The molecule has 1 aliphatic heterocycles. The standard InChI is InChI=1S/C10H20N4O2/c1-12-6-7(13-2)10(16)14-5-3-4-8(14)9(11)15/h7-8,12-13H,3-6H2,1-2H3,(H2,11,15). The van der Waals surface area contributed by atoms with Crippen LogP contribution in [0.1, 0.15) is 12.8 Å². The fourth-order valence-electron chi connectivity index (χ4n) is 2.04. The molecule has 0 aliphatic carbocycles. The van der Waals surface area contributed by atoms with Gasteiger partial charge in [0.2, 0.25) is 11.8 Å². The molecule has 1 fully saturated rings. The molecule has 2 amide bonds. The van der Waals surface area contributed by atoms with E-state index in [1.54, 1.807) is 19.0 Å². The highest BCUT2D eigenvalue weighted by Gasteiger charge is 2.35. The maximum absolute atomic E-state index is 12.1. The van der Waals surface area contributed by atoms with Gasteiger partial charge in [-0.25, -0.2) is 0 Å². The van der Waals surface area contributed by atoms with Gasteiger partial charge in [0.1, 0.15) is 6.04 Å². The third kappa shape index (κ3) is 2.70. The molecule has 0 aromatic carbocycles. The highest BCUT2D eigenvalue weighted by atomic mass is 16.2. The Morgan fingerprint density at radius 1 is 1.50 bits per heavy atom. The van der Waals surface area contributed by atoms with Crippen molar-refractivity contribution in [3.05, 3.63) is 0 Å². The van der Waals surface area contributed by atoms with Crippen LogP contribution in [0.2, 0.25) is 0 Å². The second kappa shape index (κ2) is 5.81. The summed E-state index contributed by atoms with van der Waals surface area (Å²) in [7, 11) is 3.52. The fraction of sp³-hybridized carbons (Fsp3) is 0.800. The quantitative estimate of drug-likeness (QED) is 0.522. The van der Waals surface area contributed by atoms with Gasteiger partial charge in [0.15, 0.2) is 0 Å². The number of nitrogens with one attached hydrogen (secondary N) is 2. The molecule has 92 valence electrons. The van der Waals surface area contributed by atoms with E-state index in [0.717, 1.165) is 6.42 Å². The van der Waals surface area contributed by atoms with Crippen molar-refractivity contribution in [2.75, 3.05) is 27.2 Å². The minimum absolute atomic E-state index is 0.0573. The summed E-state index contributed by atoms with van der Waals surface area (Å²) in [6.45, 7) is 1.16. The van der Waals surface area contributed by atoms with Crippen molar-refractivity contribution >= 4 is 11.8 Å². The van der Waals surface area contributed by atoms with Gasteiger partial charge in [-0.15, -0.1) is 0 Å². The van der Waals surface area contributed by atoms with Gasteiger partial charge in [0.25, 0.3) is 0 Å². The third-order valence-electron chi connectivity index (χ3n) is 2.92. The van der Waals surface area contributed by atoms with Crippen LogP contribution in [0.25, 0.3) is 0 Å². The largest absolute Gasteiger partial charge is 0.368 e. The van der Waals surface area contributed by atoms with Crippen LogP contribution in [-0.2, 0) is 9.59 Å². The van der Waals surface area contributed by atoms with Gasteiger partial charge in [-0.1, -0.05) is 0 Å². The topological polar surface area (TPSA) is 87.5 Å². The van der Waals surface area contributed by atoms with Crippen LogP contribution in [0, 0.1) is 0 Å². The van der Waals surface area contributed by atoms with E-state index in [2.05, 4.69) is 10.6 Å². The fourth-order valence-corrected chi connectivity index (χ4v) is 2.04. The number of hydrogen-bond donors (Lipinski definition) is 3.